The summed E-state index contributed by atoms with van der Waals surface area (Å²) in [6.45, 7) is 2.30. The molecule has 1 atom stereocenters. The fourth-order valence-corrected chi connectivity index (χ4v) is 7.18. The molecule has 0 saturated carbocycles. The molecule has 2 amide bonds. The van der Waals surface area contributed by atoms with Crippen molar-refractivity contribution >= 4 is 50.8 Å². The normalized spacial score (nSPS) is 17.0. The first-order valence-electron chi connectivity index (χ1n) is 17.5. The fourth-order valence-electron chi connectivity index (χ4n) is 6.71. The highest BCUT2D eigenvalue weighted by atomic mass is 32.2. The summed E-state index contributed by atoms with van der Waals surface area (Å²) in [5, 5.41) is 8.10. The molecule has 0 radical (unpaired) electrons. The molecule has 2 saturated heterocycles. The molecular weight excluding hydrogens is 724 g/mol. The van der Waals surface area contributed by atoms with Crippen LogP contribution in [0, 0.1) is 0 Å². The van der Waals surface area contributed by atoms with Crippen molar-refractivity contribution in [2.24, 2.45) is 0 Å². The van der Waals surface area contributed by atoms with Gasteiger partial charge in [-0.1, -0.05) is 30.3 Å². The summed E-state index contributed by atoms with van der Waals surface area (Å²) in [5.74, 6) is -1.18. The van der Waals surface area contributed by atoms with Crippen molar-refractivity contribution in [3.63, 3.8) is 0 Å². The molecule has 2 aromatic carbocycles. The molecule has 0 aliphatic carbocycles. The summed E-state index contributed by atoms with van der Waals surface area (Å²) >= 11 is 0. The van der Waals surface area contributed by atoms with Crippen LogP contribution in [0.25, 0.3) is 0 Å². The molecule has 1 unspecified atom stereocenters. The Labute approximate surface area is 312 Å². The Kier molecular flexibility index (Phi) is 11.4. The molecule has 4 heterocycles. The smallest absolute Gasteiger partial charge is 0.371 e. The minimum Gasteiger partial charge on any atom is -0.371 e. The molecule has 13 nitrogen and oxygen atoms in total. The maximum Gasteiger partial charge on any atom is 0.421 e. The van der Waals surface area contributed by atoms with Crippen LogP contribution in [-0.2, 0) is 38.9 Å². The van der Waals surface area contributed by atoms with E-state index in [4.69, 9.17) is 0 Å². The Balaban J connectivity index is 1.04. The number of benzene rings is 2. The Hall–Kier alpha value is -5.29. The van der Waals surface area contributed by atoms with E-state index in [9.17, 15) is 31.2 Å². The molecule has 2 aliphatic heterocycles. The molecule has 17 heteroatoms. The Morgan fingerprint density at radius 3 is 2.31 bits per heavy atom. The van der Waals surface area contributed by atoms with Crippen LogP contribution in [0.4, 0.5) is 42.1 Å². The van der Waals surface area contributed by atoms with Gasteiger partial charge >= 0.3 is 6.18 Å². The molecule has 6 rings (SSSR count). The maximum absolute atomic E-state index is 13.9. The summed E-state index contributed by atoms with van der Waals surface area (Å²) in [4.78, 5) is 40.5. The highest BCUT2D eigenvalue weighted by Gasteiger charge is 2.35. The number of nitrogens with one attached hydrogen (secondary N) is 3. The lowest BCUT2D eigenvalue weighted by atomic mass is 9.90. The van der Waals surface area contributed by atoms with Crippen molar-refractivity contribution < 1.29 is 31.2 Å². The third kappa shape index (κ3) is 9.25. The van der Waals surface area contributed by atoms with Gasteiger partial charge in [-0.3, -0.25) is 24.1 Å². The SMILES string of the molecule is CN(Cc1ccc(C2CCC(=O)NC2=O)cc1)C1CCN(c2ccc(Nc3ncc(C(F)(F)F)c(NCc4cccnc4N(C)S(C)(=O)=O)n3)cc2)CC1. The number of anilines is 5. The van der Waals surface area contributed by atoms with E-state index in [1.165, 1.54) is 13.2 Å². The van der Waals surface area contributed by atoms with Gasteiger partial charge in [-0.2, -0.15) is 18.2 Å². The first-order valence-corrected chi connectivity index (χ1v) is 19.3. The number of alkyl halides is 3. The highest BCUT2D eigenvalue weighted by Crippen LogP contribution is 2.35. The van der Waals surface area contributed by atoms with Gasteiger partial charge in [0.15, 0.2) is 0 Å². The van der Waals surface area contributed by atoms with Gasteiger partial charge in [0, 0.05) is 75.0 Å². The Morgan fingerprint density at radius 1 is 0.963 bits per heavy atom. The van der Waals surface area contributed by atoms with Crippen LogP contribution < -0.4 is 25.2 Å². The number of piperidine rings is 2. The van der Waals surface area contributed by atoms with E-state index >= 15 is 0 Å². The predicted octanol–water partition coefficient (Wildman–Crippen LogP) is 5.26. The van der Waals surface area contributed by atoms with Gasteiger partial charge in [0.05, 0.1) is 12.2 Å². The monoisotopic (exact) mass is 765 g/mol. The van der Waals surface area contributed by atoms with Gasteiger partial charge < -0.3 is 15.5 Å². The lowest BCUT2D eigenvalue weighted by Crippen LogP contribution is -2.43. The van der Waals surface area contributed by atoms with Crippen LogP contribution in [0.1, 0.15) is 53.9 Å². The minimum atomic E-state index is -4.74. The quantitative estimate of drug-likeness (QED) is 0.162. The summed E-state index contributed by atoms with van der Waals surface area (Å²) in [7, 11) is -0.225. The Bertz CT molecular complexity index is 2080. The summed E-state index contributed by atoms with van der Waals surface area (Å²) < 4.78 is 66.9. The van der Waals surface area contributed by atoms with E-state index in [1.54, 1.807) is 12.1 Å². The summed E-state index contributed by atoms with van der Waals surface area (Å²) in [6.07, 6.45) is 1.18. The van der Waals surface area contributed by atoms with Gasteiger partial charge in [0.25, 0.3) is 0 Å². The van der Waals surface area contributed by atoms with Gasteiger partial charge in [0.1, 0.15) is 17.2 Å². The van der Waals surface area contributed by atoms with Crippen molar-refractivity contribution in [1.82, 2.24) is 25.2 Å². The second-order valence-corrected chi connectivity index (χ2v) is 15.6. The minimum absolute atomic E-state index is 0.0487. The van der Waals surface area contributed by atoms with Gasteiger partial charge in [-0.25, -0.2) is 18.4 Å². The zero-order valence-electron chi connectivity index (χ0n) is 30.1. The number of carbonyl (C=O) groups is 2. The standard InChI is InChI=1S/C37H42F3N9O4S/c1-47(23-24-6-8-25(9-7-24)30-14-15-32(50)45-35(30)51)28-16-19-49(20-17-28)29-12-10-27(11-13-29)44-36-43-22-31(37(38,39)40)33(46-36)42-21-26-5-4-18-41-34(26)48(2)54(3,52)53/h4-13,18,22,28,30H,14-17,19-21,23H2,1-3H3,(H,45,50,51)(H2,42,43,44,46). The van der Waals surface area contributed by atoms with Crippen LogP contribution >= 0.6 is 0 Å². The van der Waals surface area contributed by atoms with E-state index < -0.39 is 27.6 Å². The van der Waals surface area contributed by atoms with Crippen molar-refractivity contribution in [1.29, 1.82) is 0 Å². The number of nitrogens with zero attached hydrogens (tertiary/aromatic N) is 6. The second kappa shape index (κ2) is 16.0. The van der Waals surface area contributed by atoms with Crippen molar-refractivity contribution in [3.05, 3.63) is 95.3 Å². The molecule has 2 aliphatic rings. The number of aromatic nitrogens is 3. The number of imide groups is 1. The zero-order chi connectivity index (χ0) is 38.6. The van der Waals surface area contributed by atoms with Gasteiger partial charge in [0.2, 0.25) is 27.8 Å². The number of pyridine rings is 1. The largest absolute Gasteiger partial charge is 0.421 e. The predicted molar refractivity (Wildman–Crippen MR) is 200 cm³/mol. The first kappa shape index (κ1) is 38.4. The third-order valence-electron chi connectivity index (χ3n) is 9.83. The molecular formula is C37H42F3N9O4S. The molecule has 286 valence electrons. The van der Waals surface area contributed by atoms with E-state index in [0.717, 1.165) is 59.9 Å². The van der Waals surface area contributed by atoms with E-state index in [0.29, 0.717) is 36.3 Å². The maximum atomic E-state index is 13.9. The number of carbonyl (C=O) groups excluding carboxylic acids is 2. The number of hydrogen-bond donors (Lipinski definition) is 3. The van der Waals surface area contributed by atoms with E-state index in [2.05, 4.69) is 47.7 Å². The molecule has 54 heavy (non-hydrogen) atoms. The topological polar surface area (TPSA) is 153 Å². The second-order valence-electron chi connectivity index (χ2n) is 13.6. The average Bonchev–Trinajstić information content (AvgIpc) is 3.14. The third-order valence-corrected chi connectivity index (χ3v) is 11.0. The fraction of sp³-hybridized carbons (Fsp3) is 0.378. The molecule has 2 aromatic heterocycles. The molecule has 3 N–H and O–H groups in total. The number of sulfonamides is 1. The number of hydrogen-bond acceptors (Lipinski definition) is 11. The molecule has 0 bridgehead atoms. The van der Waals surface area contributed by atoms with E-state index in [-0.39, 0.29) is 36.0 Å². The zero-order valence-corrected chi connectivity index (χ0v) is 30.9. The van der Waals surface area contributed by atoms with Crippen molar-refractivity contribution in [2.75, 3.05) is 53.3 Å². The average molecular weight is 766 g/mol. The van der Waals surface area contributed by atoms with Crippen LogP contribution in [0.5, 0.6) is 0 Å². The van der Waals surface area contributed by atoms with Crippen LogP contribution in [-0.4, -0.2) is 79.6 Å². The van der Waals surface area contributed by atoms with Crippen molar-refractivity contribution in [2.45, 2.75) is 56.9 Å². The molecule has 2 fully saturated rings. The van der Waals surface area contributed by atoms with Crippen LogP contribution in [0.15, 0.2) is 73.1 Å². The first-order chi connectivity index (χ1) is 25.7. The summed E-state index contributed by atoms with van der Waals surface area (Å²) in [6, 6.07) is 19.1. The van der Waals surface area contributed by atoms with Crippen molar-refractivity contribution in [3.8, 4) is 0 Å². The Morgan fingerprint density at radius 2 is 1.67 bits per heavy atom. The van der Waals surface area contributed by atoms with Crippen LogP contribution in [0.3, 0.4) is 0 Å². The van der Waals surface area contributed by atoms with Crippen LogP contribution in [0.2, 0.25) is 0 Å². The lowest BCUT2D eigenvalue weighted by molar-refractivity contribution is -0.137. The molecule has 4 aromatic rings. The summed E-state index contributed by atoms with van der Waals surface area (Å²) in [5.41, 5.74) is 2.97. The van der Waals surface area contributed by atoms with Gasteiger partial charge in [-0.15, -0.1) is 0 Å². The molecule has 0 spiro atoms. The number of halogens is 3. The highest BCUT2D eigenvalue weighted by molar-refractivity contribution is 7.92. The van der Waals surface area contributed by atoms with Gasteiger partial charge in [-0.05, 0) is 67.8 Å². The number of rotatable bonds is 12. The number of amides is 2. The van der Waals surface area contributed by atoms with E-state index in [1.807, 2.05) is 48.5 Å². The lowest BCUT2D eigenvalue weighted by Gasteiger charge is -2.38.